The standard InChI is InChI=1S/C31H38N2O5/c1-5-9-30(34)33(22-25-12-15-26(36-2)16-13-25)27(20-23-10-7-6-8-11-23)31(35)32-19-18-24-14-17-28(37-3)29(21-24)38-4/h6-8,10-17,21,27H,5,9,18-20,22H2,1-4H3,(H,32,35)/t27-/m0/s1. The summed E-state index contributed by atoms with van der Waals surface area (Å²) in [7, 11) is 4.82. The monoisotopic (exact) mass is 518 g/mol. The fourth-order valence-corrected chi connectivity index (χ4v) is 4.32. The van der Waals surface area contributed by atoms with Crippen LogP contribution in [0.5, 0.6) is 17.2 Å². The van der Waals surface area contributed by atoms with Gasteiger partial charge in [0.2, 0.25) is 11.8 Å². The normalized spacial score (nSPS) is 11.4. The third-order valence-electron chi connectivity index (χ3n) is 6.41. The molecule has 0 saturated carbocycles. The number of hydrogen-bond donors (Lipinski definition) is 1. The van der Waals surface area contributed by atoms with Crippen molar-refractivity contribution in [3.05, 3.63) is 89.5 Å². The minimum Gasteiger partial charge on any atom is -0.497 e. The Kier molecular flexibility index (Phi) is 11.0. The van der Waals surface area contributed by atoms with Crippen LogP contribution in [0, 0.1) is 0 Å². The number of hydrogen-bond acceptors (Lipinski definition) is 5. The van der Waals surface area contributed by atoms with E-state index in [2.05, 4.69) is 5.32 Å². The summed E-state index contributed by atoms with van der Waals surface area (Å²) in [5.74, 6) is 1.83. The lowest BCUT2D eigenvalue weighted by Crippen LogP contribution is -2.50. The molecule has 0 aliphatic heterocycles. The number of nitrogens with one attached hydrogen (secondary N) is 1. The Hall–Kier alpha value is -4.00. The Balaban J connectivity index is 1.80. The van der Waals surface area contributed by atoms with Crippen molar-refractivity contribution in [2.45, 2.75) is 45.2 Å². The first-order chi connectivity index (χ1) is 18.5. The summed E-state index contributed by atoms with van der Waals surface area (Å²) in [6.07, 6.45) is 2.12. The molecule has 1 atom stereocenters. The lowest BCUT2D eigenvalue weighted by Gasteiger charge is -2.31. The maximum atomic E-state index is 13.6. The number of methoxy groups -OCH3 is 3. The Morgan fingerprint density at radius 2 is 1.50 bits per heavy atom. The van der Waals surface area contributed by atoms with Crippen LogP contribution < -0.4 is 19.5 Å². The lowest BCUT2D eigenvalue weighted by atomic mass is 10.0. The molecule has 0 heterocycles. The van der Waals surface area contributed by atoms with Crippen LogP contribution in [0.15, 0.2) is 72.8 Å². The van der Waals surface area contributed by atoms with E-state index in [0.717, 1.165) is 22.4 Å². The first-order valence-corrected chi connectivity index (χ1v) is 12.9. The molecular weight excluding hydrogens is 480 g/mol. The van der Waals surface area contributed by atoms with Crippen molar-refractivity contribution in [3.8, 4) is 17.2 Å². The van der Waals surface area contributed by atoms with Gasteiger partial charge in [-0.15, -0.1) is 0 Å². The average molecular weight is 519 g/mol. The first-order valence-electron chi connectivity index (χ1n) is 12.9. The van der Waals surface area contributed by atoms with Crippen LogP contribution >= 0.6 is 0 Å². The molecule has 0 fully saturated rings. The van der Waals surface area contributed by atoms with E-state index < -0.39 is 6.04 Å². The van der Waals surface area contributed by atoms with Crippen LogP contribution in [0.1, 0.15) is 36.5 Å². The maximum Gasteiger partial charge on any atom is 0.243 e. The van der Waals surface area contributed by atoms with Crippen LogP contribution in [-0.2, 0) is 29.0 Å². The minimum absolute atomic E-state index is 0.0423. The molecule has 1 N–H and O–H groups in total. The fourth-order valence-electron chi connectivity index (χ4n) is 4.32. The van der Waals surface area contributed by atoms with Gasteiger partial charge in [-0.3, -0.25) is 9.59 Å². The number of carbonyl (C=O) groups is 2. The maximum absolute atomic E-state index is 13.6. The van der Waals surface area contributed by atoms with Gasteiger partial charge in [0.15, 0.2) is 11.5 Å². The number of amides is 2. The highest BCUT2D eigenvalue weighted by molar-refractivity contribution is 5.88. The zero-order valence-corrected chi connectivity index (χ0v) is 22.7. The van der Waals surface area contributed by atoms with Gasteiger partial charge in [-0.1, -0.05) is 55.5 Å². The SMILES string of the molecule is CCCC(=O)N(Cc1ccc(OC)cc1)[C@@H](Cc1ccccc1)C(=O)NCCc1ccc(OC)c(OC)c1. The summed E-state index contributed by atoms with van der Waals surface area (Å²) in [6.45, 7) is 2.74. The van der Waals surface area contributed by atoms with Gasteiger partial charge in [0, 0.05) is 25.9 Å². The van der Waals surface area contributed by atoms with E-state index in [1.807, 2.05) is 79.7 Å². The van der Waals surface area contributed by atoms with Gasteiger partial charge in [0.1, 0.15) is 11.8 Å². The summed E-state index contributed by atoms with van der Waals surface area (Å²) in [5, 5.41) is 3.07. The van der Waals surface area contributed by atoms with E-state index in [-0.39, 0.29) is 11.8 Å². The second-order valence-electron chi connectivity index (χ2n) is 9.06. The second kappa shape index (κ2) is 14.7. The fraction of sp³-hybridized carbons (Fsp3) is 0.355. The molecule has 0 aliphatic rings. The molecule has 0 aromatic heterocycles. The van der Waals surface area contributed by atoms with Gasteiger partial charge < -0.3 is 24.4 Å². The molecule has 3 aromatic carbocycles. The highest BCUT2D eigenvalue weighted by atomic mass is 16.5. The van der Waals surface area contributed by atoms with Crippen molar-refractivity contribution in [1.29, 1.82) is 0 Å². The molecule has 0 radical (unpaired) electrons. The van der Waals surface area contributed by atoms with Gasteiger partial charge in [0.25, 0.3) is 0 Å². The molecule has 0 bridgehead atoms. The smallest absolute Gasteiger partial charge is 0.243 e. The number of ether oxygens (including phenoxy) is 3. The van der Waals surface area contributed by atoms with E-state index in [1.165, 1.54) is 0 Å². The molecule has 7 nitrogen and oxygen atoms in total. The Morgan fingerprint density at radius 3 is 2.13 bits per heavy atom. The number of benzene rings is 3. The number of nitrogens with zero attached hydrogens (tertiary/aromatic N) is 1. The van der Waals surface area contributed by atoms with Gasteiger partial charge in [-0.25, -0.2) is 0 Å². The Labute approximate surface area is 225 Å². The van der Waals surface area contributed by atoms with Crippen molar-refractivity contribution < 1.29 is 23.8 Å². The predicted octanol–water partition coefficient (Wildman–Crippen LogP) is 4.81. The van der Waals surface area contributed by atoms with Crippen molar-refractivity contribution in [1.82, 2.24) is 10.2 Å². The van der Waals surface area contributed by atoms with Gasteiger partial charge >= 0.3 is 0 Å². The van der Waals surface area contributed by atoms with Crippen LogP contribution in [0.4, 0.5) is 0 Å². The summed E-state index contributed by atoms with van der Waals surface area (Å²) in [5.41, 5.74) is 2.95. The van der Waals surface area contributed by atoms with Gasteiger partial charge in [0.05, 0.1) is 21.3 Å². The predicted molar refractivity (Wildman–Crippen MR) is 149 cm³/mol. The van der Waals surface area contributed by atoms with E-state index >= 15 is 0 Å². The summed E-state index contributed by atoms with van der Waals surface area (Å²) >= 11 is 0. The molecule has 0 saturated heterocycles. The van der Waals surface area contributed by atoms with Gasteiger partial charge in [-0.05, 0) is 53.8 Å². The average Bonchev–Trinajstić information content (AvgIpc) is 2.95. The highest BCUT2D eigenvalue weighted by Gasteiger charge is 2.29. The number of rotatable bonds is 14. The van der Waals surface area contributed by atoms with Crippen molar-refractivity contribution in [2.75, 3.05) is 27.9 Å². The highest BCUT2D eigenvalue weighted by Crippen LogP contribution is 2.27. The molecular formula is C31H38N2O5. The third-order valence-corrected chi connectivity index (χ3v) is 6.41. The van der Waals surface area contributed by atoms with Crippen LogP contribution in [0.25, 0.3) is 0 Å². The molecule has 7 heteroatoms. The van der Waals surface area contributed by atoms with Crippen LogP contribution in [-0.4, -0.2) is 50.6 Å². The summed E-state index contributed by atoms with van der Waals surface area (Å²) in [4.78, 5) is 28.7. The molecule has 0 unspecified atom stereocenters. The minimum atomic E-state index is -0.649. The second-order valence-corrected chi connectivity index (χ2v) is 9.06. The zero-order chi connectivity index (χ0) is 27.3. The van der Waals surface area contributed by atoms with E-state index in [4.69, 9.17) is 14.2 Å². The largest absolute Gasteiger partial charge is 0.497 e. The molecule has 38 heavy (non-hydrogen) atoms. The molecule has 2 amide bonds. The molecule has 202 valence electrons. The molecule has 3 rings (SSSR count). The Bertz CT molecular complexity index is 1160. The van der Waals surface area contributed by atoms with Crippen molar-refractivity contribution in [2.24, 2.45) is 0 Å². The molecule has 3 aromatic rings. The lowest BCUT2D eigenvalue weighted by molar-refractivity contribution is -0.141. The summed E-state index contributed by atoms with van der Waals surface area (Å²) in [6, 6.07) is 22.5. The van der Waals surface area contributed by atoms with Crippen LogP contribution in [0.3, 0.4) is 0 Å². The van der Waals surface area contributed by atoms with Crippen molar-refractivity contribution >= 4 is 11.8 Å². The van der Waals surface area contributed by atoms with Crippen molar-refractivity contribution in [3.63, 3.8) is 0 Å². The zero-order valence-electron chi connectivity index (χ0n) is 22.7. The topological polar surface area (TPSA) is 77.1 Å². The first kappa shape index (κ1) is 28.6. The molecule has 0 aliphatic carbocycles. The van der Waals surface area contributed by atoms with E-state index in [1.54, 1.807) is 26.2 Å². The molecule has 0 spiro atoms. The van der Waals surface area contributed by atoms with Gasteiger partial charge in [-0.2, -0.15) is 0 Å². The quantitative estimate of drug-likeness (QED) is 0.331. The number of carbonyl (C=O) groups excluding carboxylic acids is 2. The summed E-state index contributed by atoms with van der Waals surface area (Å²) < 4.78 is 16.0. The third kappa shape index (κ3) is 8.00. The Morgan fingerprint density at radius 1 is 0.816 bits per heavy atom. The van der Waals surface area contributed by atoms with E-state index in [0.29, 0.717) is 50.3 Å². The van der Waals surface area contributed by atoms with E-state index in [9.17, 15) is 9.59 Å². The van der Waals surface area contributed by atoms with Crippen LogP contribution in [0.2, 0.25) is 0 Å².